The number of ether oxygens (including phenoxy) is 1. The third kappa shape index (κ3) is 2.24. The standard InChI is InChI=1S/C12H12F3N3O2/c1-18-9(16)5-7(17-18)10-6(12(13,14)15)3-4-8(20-2)11(10)19/h3-5,19H,16H2,1-2H3. The molecule has 0 saturated carbocycles. The molecule has 2 rings (SSSR count). The van der Waals surface area contributed by atoms with E-state index in [1.165, 1.54) is 24.9 Å². The molecule has 1 aromatic heterocycles. The molecular weight excluding hydrogens is 275 g/mol. The number of phenols is 1. The maximum absolute atomic E-state index is 13.0. The number of methoxy groups -OCH3 is 1. The smallest absolute Gasteiger partial charge is 0.417 e. The Balaban J connectivity index is 2.76. The molecule has 0 unspecified atom stereocenters. The molecule has 0 spiro atoms. The largest absolute Gasteiger partial charge is 0.504 e. The van der Waals surface area contributed by atoms with Crippen LogP contribution in [0.4, 0.5) is 19.0 Å². The van der Waals surface area contributed by atoms with Crippen LogP contribution in [-0.4, -0.2) is 22.0 Å². The van der Waals surface area contributed by atoms with E-state index in [0.29, 0.717) is 0 Å². The van der Waals surface area contributed by atoms with Crippen molar-refractivity contribution in [1.82, 2.24) is 9.78 Å². The van der Waals surface area contributed by atoms with Crippen LogP contribution in [0, 0.1) is 0 Å². The van der Waals surface area contributed by atoms with Gasteiger partial charge in [0, 0.05) is 13.1 Å². The molecule has 8 heteroatoms. The molecule has 1 aromatic carbocycles. The summed E-state index contributed by atoms with van der Waals surface area (Å²) in [7, 11) is 2.74. The second-order valence-corrected chi connectivity index (χ2v) is 4.11. The van der Waals surface area contributed by atoms with Gasteiger partial charge in [-0.1, -0.05) is 0 Å². The molecule has 0 atom stereocenters. The fourth-order valence-corrected chi connectivity index (χ4v) is 1.84. The monoisotopic (exact) mass is 287 g/mol. The number of aromatic hydroxyl groups is 1. The lowest BCUT2D eigenvalue weighted by molar-refractivity contribution is -0.137. The minimum Gasteiger partial charge on any atom is -0.504 e. The van der Waals surface area contributed by atoms with Crippen LogP contribution >= 0.6 is 0 Å². The zero-order valence-electron chi connectivity index (χ0n) is 10.7. The molecule has 0 bridgehead atoms. The average Bonchev–Trinajstić information content (AvgIpc) is 2.67. The van der Waals surface area contributed by atoms with Gasteiger partial charge >= 0.3 is 6.18 Å². The molecule has 0 aliphatic rings. The van der Waals surface area contributed by atoms with Gasteiger partial charge in [-0.15, -0.1) is 0 Å². The van der Waals surface area contributed by atoms with Gasteiger partial charge in [-0.3, -0.25) is 4.68 Å². The number of nitrogens with two attached hydrogens (primary N) is 1. The number of phenolic OH excluding ortho intramolecular Hbond substituents is 1. The summed E-state index contributed by atoms with van der Waals surface area (Å²) in [5.41, 5.74) is 4.03. The fraction of sp³-hybridized carbons (Fsp3) is 0.250. The van der Waals surface area contributed by atoms with Crippen LogP contribution in [0.1, 0.15) is 5.56 Å². The molecule has 1 heterocycles. The molecule has 0 aliphatic heterocycles. The Morgan fingerprint density at radius 1 is 1.35 bits per heavy atom. The van der Waals surface area contributed by atoms with Crippen molar-refractivity contribution in [1.29, 1.82) is 0 Å². The summed E-state index contributed by atoms with van der Waals surface area (Å²) < 4.78 is 45.2. The predicted molar refractivity (Wildman–Crippen MR) is 66.3 cm³/mol. The number of hydrogen-bond acceptors (Lipinski definition) is 4. The molecule has 0 saturated heterocycles. The highest BCUT2D eigenvalue weighted by Gasteiger charge is 2.36. The van der Waals surface area contributed by atoms with E-state index >= 15 is 0 Å². The maximum Gasteiger partial charge on any atom is 0.417 e. The van der Waals surface area contributed by atoms with Gasteiger partial charge in [0.25, 0.3) is 0 Å². The Hall–Kier alpha value is -2.38. The molecule has 0 fully saturated rings. The van der Waals surface area contributed by atoms with E-state index in [9.17, 15) is 18.3 Å². The number of rotatable bonds is 2. The number of anilines is 1. The lowest BCUT2D eigenvalue weighted by Gasteiger charge is -2.14. The number of nitrogens with zero attached hydrogens (tertiary/aromatic N) is 2. The maximum atomic E-state index is 13.0. The third-order valence-electron chi connectivity index (χ3n) is 2.84. The van der Waals surface area contributed by atoms with Gasteiger partial charge in [0.15, 0.2) is 11.5 Å². The van der Waals surface area contributed by atoms with Crippen molar-refractivity contribution in [3.63, 3.8) is 0 Å². The van der Waals surface area contributed by atoms with E-state index in [0.717, 1.165) is 12.1 Å². The number of aromatic nitrogens is 2. The minimum absolute atomic E-state index is 0.0720. The van der Waals surface area contributed by atoms with Gasteiger partial charge < -0.3 is 15.6 Å². The Morgan fingerprint density at radius 2 is 2.00 bits per heavy atom. The number of alkyl halides is 3. The van der Waals surface area contributed by atoms with E-state index in [-0.39, 0.29) is 17.3 Å². The van der Waals surface area contributed by atoms with Crippen LogP contribution in [0.25, 0.3) is 11.3 Å². The number of hydrogen-bond donors (Lipinski definition) is 2. The van der Waals surface area contributed by atoms with Gasteiger partial charge in [0.2, 0.25) is 0 Å². The van der Waals surface area contributed by atoms with E-state index in [1.54, 1.807) is 0 Å². The topological polar surface area (TPSA) is 73.3 Å². The Labute approximate surface area is 112 Å². The van der Waals surface area contributed by atoms with Crippen LogP contribution < -0.4 is 10.5 Å². The number of nitrogen functional groups attached to an aromatic ring is 1. The molecule has 0 aliphatic carbocycles. The van der Waals surface area contributed by atoms with Gasteiger partial charge in [-0.25, -0.2) is 0 Å². The first-order valence-corrected chi connectivity index (χ1v) is 5.52. The van der Waals surface area contributed by atoms with Gasteiger partial charge in [-0.05, 0) is 12.1 Å². The minimum atomic E-state index is -4.63. The quantitative estimate of drug-likeness (QED) is 0.889. The van der Waals surface area contributed by atoms with Crippen LogP contribution in [0.3, 0.4) is 0 Å². The van der Waals surface area contributed by atoms with E-state index in [1.807, 2.05) is 0 Å². The zero-order valence-corrected chi connectivity index (χ0v) is 10.7. The van der Waals surface area contributed by atoms with Crippen molar-refractivity contribution in [2.75, 3.05) is 12.8 Å². The molecule has 3 N–H and O–H groups in total. The Bertz CT molecular complexity index is 631. The van der Waals surface area contributed by atoms with Crippen molar-refractivity contribution in [3.05, 3.63) is 23.8 Å². The van der Waals surface area contributed by atoms with Crippen molar-refractivity contribution in [2.45, 2.75) is 6.18 Å². The van der Waals surface area contributed by atoms with Crippen LogP contribution in [0.5, 0.6) is 11.5 Å². The van der Waals surface area contributed by atoms with Crippen LogP contribution in [-0.2, 0) is 13.2 Å². The lowest BCUT2D eigenvalue weighted by atomic mass is 10.0. The molecule has 0 radical (unpaired) electrons. The SMILES string of the molecule is COc1ccc(C(F)(F)F)c(-c2cc(N)n(C)n2)c1O. The molecule has 0 amide bonds. The number of benzene rings is 1. The summed E-state index contributed by atoms with van der Waals surface area (Å²) in [5, 5.41) is 13.8. The summed E-state index contributed by atoms with van der Waals surface area (Å²) in [5.74, 6) is -0.520. The predicted octanol–water partition coefficient (Wildman–Crippen LogP) is 2.40. The summed E-state index contributed by atoms with van der Waals surface area (Å²) in [6.07, 6.45) is -4.63. The lowest BCUT2D eigenvalue weighted by Crippen LogP contribution is -2.08. The molecule has 20 heavy (non-hydrogen) atoms. The number of aryl methyl sites for hydroxylation is 1. The van der Waals surface area contributed by atoms with Gasteiger partial charge in [-0.2, -0.15) is 18.3 Å². The van der Waals surface area contributed by atoms with E-state index in [4.69, 9.17) is 10.5 Å². The Kier molecular flexibility index (Phi) is 3.24. The summed E-state index contributed by atoms with van der Waals surface area (Å²) in [6, 6.07) is 3.14. The highest BCUT2D eigenvalue weighted by atomic mass is 19.4. The van der Waals surface area contributed by atoms with E-state index < -0.39 is 23.1 Å². The van der Waals surface area contributed by atoms with Crippen molar-refractivity contribution >= 4 is 5.82 Å². The van der Waals surface area contributed by atoms with E-state index in [2.05, 4.69) is 5.10 Å². The molecule has 2 aromatic rings. The highest BCUT2D eigenvalue weighted by molar-refractivity contribution is 5.76. The highest BCUT2D eigenvalue weighted by Crippen LogP contribution is 2.45. The van der Waals surface area contributed by atoms with Crippen molar-refractivity contribution in [3.8, 4) is 22.8 Å². The molecule has 5 nitrogen and oxygen atoms in total. The molecule has 108 valence electrons. The van der Waals surface area contributed by atoms with Crippen molar-refractivity contribution < 1.29 is 23.0 Å². The summed E-state index contributed by atoms with van der Waals surface area (Å²) in [4.78, 5) is 0. The van der Waals surface area contributed by atoms with Gasteiger partial charge in [0.05, 0.1) is 23.9 Å². The van der Waals surface area contributed by atoms with Crippen molar-refractivity contribution in [2.24, 2.45) is 7.05 Å². The first-order valence-electron chi connectivity index (χ1n) is 5.52. The van der Waals surface area contributed by atoms with Crippen LogP contribution in [0.15, 0.2) is 18.2 Å². The second kappa shape index (κ2) is 4.62. The first-order chi connectivity index (χ1) is 9.25. The summed E-state index contributed by atoms with van der Waals surface area (Å²) >= 11 is 0. The number of halogens is 3. The van der Waals surface area contributed by atoms with Gasteiger partial charge in [0.1, 0.15) is 5.82 Å². The second-order valence-electron chi connectivity index (χ2n) is 4.11. The zero-order chi connectivity index (χ0) is 15.1. The third-order valence-corrected chi connectivity index (χ3v) is 2.84. The van der Waals surface area contributed by atoms with Crippen LogP contribution in [0.2, 0.25) is 0 Å². The summed E-state index contributed by atoms with van der Waals surface area (Å²) in [6.45, 7) is 0. The fourth-order valence-electron chi connectivity index (χ4n) is 1.84. The average molecular weight is 287 g/mol. The Morgan fingerprint density at radius 3 is 2.45 bits per heavy atom. The first kappa shape index (κ1) is 14.0. The normalized spacial score (nSPS) is 11.7. The molecular formula is C12H12F3N3O2.